The summed E-state index contributed by atoms with van der Waals surface area (Å²) in [5.41, 5.74) is 0. The molecule has 0 spiro atoms. The van der Waals surface area contributed by atoms with Crippen LogP contribution in [0.5, 0.6) is 0 Å². The minimum absolute atomic E-state index is 0.0462. The van der Waals surface area contributed by atoms with E-state index < -0.39 is 0 Å². The number of rotatable bonds is 3. The van der Waals surface area contributed by atoms with Crippen molar-refractivity contribution in [3.63, 3.8) is 0 Å². The predicted molar refractivity (Wildman–Crippen MR) is 49.0 cm³/mol. The van der Waals surface area contributed by atoms with Crippen molar-refractivity contribution in [1.29, 1.82) is 0 Å². The van der Waals surface area contributed by atoms with Crippen LogP contribution in [0.2, 0.25) is 0 Å². The lowest BCUT2D eigenvalue weighted by atomic mass is 10.1. The van der Waals surface area contributed by atoms with Crippen LogP contribution in [0, 0.1) is 5.92 Å². The first kappa shape index (κ1) is 10.0. The topological polar surface area (TPSA) is 18.5 Å². The van der Waals surface area contributed by atoms with E-state index in [1.807, 2.05) is 0 Å². The first-order chi connectivity index (χ1) is 5.63. The van der Waals surface area contributed by atoms with Crippen LogP contribution in [0.1, 0.15) is 40.5 Å². The molecule has 0 unspecified atom stereocenters. The molecule has 0 aromatic carbocycles. The molecule has 1 heterocycles. The molecule has 0 amide bonds. The highest BCUT2D eigenvalue weighted by Crippen LogP contribution is 2.25. The summed E-state index contributed by atoms with van der Waals surface area (Å²) in [4.78, 5) is 0. The molecule has 0 aromatic heterocycles. The fourth-order valence-corrected chi connectivity index (χ4v) is 1.59. The van der Waals surface area contributed by atoms with Gasteiger partial charge in [-0.2, -0.15) is 0 Å². The number of ether oxygens (including phenoxy) is 2. The molecule has 12 heavy (non-hydrogen) atoms. The van der Waals surface area contributed by atoms with Gasteiger partial charge in [0.05, 0.1) is 12.2 Å². The zero-order valence-electron chi connectivity index (χ0n) is 8.54. The smallest absolute Gasteiger partial charge is 0.158 e. The van der Waals surface area contributed by atoms with E-state index in [0.29, 0.717) is 12.0 Å². The van der Waals surface area contributed by atoms with E-state index in [4.69, 9.17) is 9.47 Å². The summed E-state index contributed by atoms with van der Waals surface area (Å²) in [6.07, 6.45) is 2.70. The quantitative estimate of drug-likeness (QED) is 0.651. The van der Waals surface area contributed by atoms with Gasteiger partial charge in [0, 0.05) is 6.42 Å². The Bertz CT molecular complexity index is 134. The van der Waals surface area contributed by atoms with Gasteiger partial charge >= 0.3 is 0 Å². The lowest BCUT2D eigenvalue weighted by Crippen LogP contribution is -2.17. The van der Waals surface area contributed by atoms with Gasteiger partial charge in [-0.15, -0.1) is 0 Å². The fraction of sp³-hybridized carbons (Fsp3) is 1.00. The maximum atomic E-state index is 5.71. The summed E-state index contributed by atoms with van der Waals surface area (Å²) >= 11 is 0. The van der Waals surface area contributed by atoms with E-state index in [0.717, 1.165) is 12.8 Å². The Morgan fingerprint density at radius 1 is 1.25 bits per heavy atom. The van der Waals surface area contributed by atoms with Crippen LogP contribution < -0.4 is 0 Å². The van der Waals surface area contributed by atoms with Crippen LogP contribution in [0.3, 0.4) is 0 Å². The first-order valence-corrected chi connectivity index (χ1v) is 4.94. The zero-order valence-corrected chi connectivity index (χ0v) is 8.54. The van der Waals surface area contributed by atoms with Gasteiger partial charge in [0.15, 0.2) is 6.29 Å². The molecular weight excluding hydrogens is 152 g/mol. The lowest BCUT2D eigenvalue weighted by Gasteiger charge is -2.11. The van der Waals surface area contributed by atoms with Crippen LogP contribution in [-0.4, -0.2) is 18.5 Å². The normalized spacial score (nSPS) is 36.2. The van der Waals surface area contributed by atoms with Crippen LogP contribution in [-0.2, 0) is 9.47 Å². The molecule has 0 radical (unpaired) electrons. The maximum absolute atomic E-state index is 5.71. The summed E-state index contributed by atoms with van der Waals surface area (Å²) in [7, 11) is 0. The Balaban J connectivity index is 2.33. The van der Waals surface area contributed by atoms with Crippen LogP contribution in [0.4, 0.5) is 0 Å². The van der Waals surface area contributed by atoms with Crippen molar-refractivity contribution in [2.24, 2.45) is 5.92 Å². The van der Waals surface area contributed by atoms with E-state index in [-0.39, 0.29) is 12.4 Å². The van der Waals surface area contributed by atoms with Gasteiger partial charge in [0.1, 0.15) is 0 Å². The molecule has 2 nitrogen and oxygen atoms in total. The largest absolute Gasteiger partial charge is 0.347 e. The average molecular weight is 172 g/mol. The molecule has 0 N–H and O–H groups in total. The standard InChI is InChI=1S/C10H20O2/c1-5-9-8(4)11-10(12-9)6-7(2)3/h7-10H,5-6H2,1-4H3/t8-,9-,10+/m0/s1. The summed E-state index contributed by atoms with van der Waals surface area (Å²) in [5.74, 6) is 0.651. The highest BCUT2D eigenvalue weighted by atomic mass is 16.7. The molecule has 0 aliphatic carbocycles. The van der Waals surface area contributed by atoms with Gasteiger partial charge in [-0.1, -0.05) is 20.8 Å². The molecule has 1 saturated heterocycles. The molecule has 1 aliphatic rings. The predicted octanol–water partition coefficient (Wildman–Crippen LogP) is 2.57. The third kappa shape index (κ3) is 2.46. The van der Waals surface area contributed by atoms with Gasteiger partial charge in [-0.3, -0.25) is 0 Å². The minimum atomic E-state index is 0.0462. The molecule has 0 saturated carbocycles. The first-order valence-electron chi connectivity index (χ1n) is 4.94. The maximum Gasteiger partial charge on any atom is 0.158 e. The highest BCUT2D eigenvalue weighted by Gasteiger charge is 2.31. The second-order valence-corrected chi connectivity index (χ2v) is 3.98. The van der Waals surface area contributed by atoms with Crippen molar-refractivity contribution < 1.29 is 9.47 Å². The van der Waals surface area contributed by atoms with Gasteiger partial charge in [-0.05, 0) is 19.3 Å². The highest BCUT2D eigenvalue weighted by molar-refractivity contribution is 4.72. The number of hydrogen-bond acceptors (Lipinski definition) is 2. The van der Waals surface area contributed by atoms with E-state index in [9.17, 15) is 0 Å². The summed E-state index contributed by atoms with van der Waals surface area (Å²) in [5, 5.41) is 0. The van der Waals surface area contributed by atoms with Gasteiger partial charge in [0.25, 0.3) is 0 Å². The fourth-order valence-electron chi connectivity index (χ4n) is 1.59. The molecule has 0 aromatic rings. The van der Waals surface area contributed by atoms with Crippen molar-refractivity contribution in [1.82, 2.24) is 0 Å². The van der Waals surface area contributed by atoms with Crippen molar-refractivity contribution in [2.75, 3.05) is 0 Å². The lowest BCUT2D eigenvalue weighted by molar-refractivity contribution is -0.0757. The Morgan fingerprint density at radius 3 is 2.33 bits per heavy atom. The Hall–Kier alpha value is -0.0800. The Labute approximate surface area is 75.2 Å². The monoisotopic (exact) mass is 172 g/mol. The van der Waals surface area contributed by atoms with Gasteiger partial charge < -0.3 is 9.47 Å². The summed E-state index contributed by atoms with van der Waals surface area (Å²) in [6, 6.07) is 0. The molecule has 1 fully saturated rings. The summed E-state index contributed by atoms with van der Waals surface area (Å²) in [6.45, 7) is 8.62. The molecule has 72 valence electrons. The van der Waals surface area contributed by atoms with Gasteiger partial charge in [-0.25, -0.2) is 0 Å². The summed E-state index contributed by atoms with van der Waals surface area (Å²) < 4.78 is 11.4. The van der Waals surface area contributed by atoms with Crippen molar-refractivity contribution in [3.8, 4) is 0 Å². The van der Waals surface area contributed by atoms with Gasteiger partial charge in [0.2, 0.25) is 0 Å². The van der Waals surface area contributed by atoms with Crippen LogP contribution in [0.15, 0.2) is 0 Å². The molecular formula is C10H20O2. The van der Waals surface area contributed by atoms with Crippen molar-refractivity contribution >= 4 is 0 Å². The molecule has 1 aliphatic heterocycles. The average Bonchev–Trinajstić information content (AvgIpc) is 2.29. The second-order valence-electron chi connectivity index (χ2n) is 3.98. The third-order valence-electron chi connectivity index (χ3n) is 2.28. The van der Waals surface area contributed by atoms with Crippen LogP contribution >= 0.6 is 0 Å². The zero-order chi connectivity index (χ0) is 9.14. The SMILES string of the molecule is CC[C@@H]1O[C@H](CC(C)C)O[C@H]1C. The van der Waals surface area contributed by atoms with Crippen LogP contribution in [0.25, 0.3) is 0 Å². The Morgan fingerprint density at radius 2 is 1.92 bits per heavy atom. The van der Waals surface area contributed by atoms with E-state index in [2.05, 4.69) is 27.7 Å². The van der Waals surface area contributed by atoms with Crippen molar-refractivity contribution in [2.45, 2.75) is 59.0 Å². The number of hydrogen-bond donors (Lipinski definition) is 0. The van der Waals surface area contributed by atoms with E-state index >= 15 is 0 Å². The minimum Gasteiger partial charge on any atom is -0.347 e. The van der Waals surface area contributed by atoms with Crippen molar-refractivity contribution in [3.05, 3.63) is 0 Å². The molecule has 2 heteroatoms. The second kappa shape index (κ2) is 4.24. The molecule has 1 rings (SSSR count). The Kier molecular flexibility index (Phi) is 3.53. The molecule has 3 atom stereocenters. The van der Waals surface area contributed by atoms with E-state index in [1.54, 1.807) is 0 Å². The molecule has 0 bridgehead atoms. The third-order valence-corrected chi connectivity index (χ3v) is 2.28. The van der Waals surface area contributed by atoms with E-state index in [1.165, 1.54) is 0 Å².